The average molecular weight is 521 g/mol. The van der Waals surface area contributed by atoms with Crippen molar-refractivity contribution in [3.05, 3.63) is 82.9 Å². The Labute approximate surface area is 221 Å². The summed E-state index contributed by atoms with van der Waals surface area (Å²) in [7, 11) is 1.57. The van der Waals surface area contributed by atoms with Gasteiger partial charge in [-0.15, -0.1) is 0 Å². The highest BCUT2D eigenvalue weighted by Crippen LogP contribution is 2.55. The fraction of sp³-hybridized carbons (Fsp3) is 0.367. The lowest BCUT2D eigenvalue weighted by molar-refractivity contribution is -0.152. The third-order valence-electron chi connectivity index (χ3n) is 7.23. The van der Waals surface area contributed by atoms with Gasteiger partial charge in [0.2, 0.25) is 6.79 Å². The van der Waals surface area contributed by atoms with Gasteiger partial charge in [0.1, 0.15) is 23.0 Å². The third-order valence-corrected chi connectivity index (χ3v) is 7.23. The molecule has 3 aromatic rings. The SMILES string of the molecule is CCCOc1ccc2c(c1)CC(OCCO)(C(C(=O)O)c1ccc(OC)cc1)C2c1ccc2c(c1)OCO2. The fourth-order valence-electron chi connectivity index (χ4n) is 5.70. The van der Waals surface area contributed by atoms with Gasteiger partial charge in [-0.3, -0.25) is 4.79 Å². The van der Waals surface area contributed by atoms with E-state index in [0.717, 1.165) is 28.9 Å². The summed E-state index contributed by atoms with van der Waals surface area (Å²) in [5.74, 6) is 0.0551. The lowest BCUT2D eigenvalue weighted by Gasteiger charge is -2.41. The molecule has 1 aliphatic carbocycles. The minimum Gasteiger partial charge on any atom is -0.497 e. The van der Waals surface area contributed by atoms with Crippen molar-refractivity contribution in [1.29, 1.82) is 0 Å². The molecule has 1 aliphatic heterocycles. The summed E-state index contributed by atoms with van der Waals surface area (Å²) in [6.45, 7) is 2.50. The third kappa shape index (κ3) is 4.66. The standard InChI is InChI=1S/C30H32O8/c1-3-13-35-23-9-10-24-21(15-23)17-30(38-14-12-31,27(24)20-6-11-25-26(16-20)37-18-36-25)28(29(32)33)19-4-7-22(34-2)8-5-19/h4-11,15-16,27-28,31H,3,12-14,17-18H2,1-2H3,(H,32,33). The maximum Gasteiger partial charge on any atom is 0.313 e. The molecule has 0 fully saturated rings. The largest absolute Gasteiger partial charge is 0.497 e. The lowest BCUT2D eigenvalue weighted by atomic mass is 9.71. The zero-order valence-electron chi connectivity index (χ0n) is 21.5. The van der Waals surface area contributed by atoms with Crippen molar-refractivity contribution >= 4 is 5.97 Å². The normalized spacial score (nSPS) is 20.1. The Balaban J connectivity index is 1.70. The number of carboxylic acid groups (broad SMARTS) is 1. The first-order valence-electron chi connectivity index (χ1n) is 12.8. The Bertz CT molecular complexity index is 1290. The molecule has 8 nitrogen and oxygen atoms in total. The Morgan fingerprint density at radius 3 is 2.50 bits per heavy atom. The molecule has 200 valence electrons. The average Bonchev–Trinajstić information content (AvgIpc) is 3.52. The second kappa shape index (κ2) is 10.9. The van der Waals surface area contributed by atoms with Crippen molar-refractivity contribution in [3.8, 4) is 23.0 Å². The maximum atomic E-state index is 13.1. The maximum absolute atomic E-state index is 13.1. The molecule has 8 heteroatoms. The van der Waals surface area contributed by atoms with Gasteiger partial charge in [0.15, 0.2) is 11.5 Å². The van der Waals surface area contributed by atoms with Crippen LogP contribution >= 0.6 is 0 Å². The van der Waals surface area contributed by atoms with Crippen molar-refractivity contribution in [2.45, 2.75) is 37.2 Å². The van der Waals surface area contributed by atoms with Crippen LogP contribution in [-0.4, -0.2) is 55.5 Å². The summed E-state index contributed by atoms with van der Waals surface area (Å²) < 4.78 is 28.9. The van der Waals surface area contributed by atoms with Crippen LogP contribution in [0.5, 0.6) is 23.0 Å². The van der Waals surface area contributed by atoms with Crippen LogP contribution in [0.25, 0.3) is 0 Å². The van der Waals surface area contributed by atoms with Gasteiger partial charge in [-0.1, -0.05) is 31.2 Å². The van der Waals surface area contributed by atoms with E-state index in [1.165, 1.54) is 0 Å². The zero-order chi connectivity index (χ0) is 26.7. The molecule has 0 radical (unpaired) electrons. The fourth-order valence-corrected chi connectivity index (χ4v) is 5.70. The molecule has 0 amide bonds. The van der Waals surface area contributed by atoms with Crippen LogP contribution in [0.3, 0.4) is 0 Å². The number of rotatable bonds is 11. The topological polar surface area (TPSA) is 104 Å². The molecular weight excluding hydrogens is 488 g/mol. The van der Waals surface area contributed by atoms with Gasteiger partial charge >= 0.3 is 5.97 Å². The van der Waals surface area contributed by atoms with Crippen molar-refractivity contribution in [2.24, 2.45) is 0 Å². The molecule has 0 spiro atoms. The number of hydrogen-bond donors (Lipinski definition) is 2. The summed E-state index contributed by atoms with van der Waals surface area (Å²) in [6, 6.07) is 18.6. The number of aliphatic carboxylic acids is 1. The van der Waals surface area contributed by atoms with E-state index >= 15 is 0 Å². The first-order valence-corrected chi connectivity index (χ1v) is 12.8. The van der Waals surface area contributed by atoms with Crippen LogP contribution < -0.4 is 18.9 Å². The highest BCUT2D eigenvalue weighted by Gasteiger charge is 2.56. The Hall–Kier alpha value is -3.75. The van der Waals surface area contributed by atoms with Gasteiger partial charge in [0.05, 0.1) is 26.9 Å². The smallest absolute Gasteiger partial charge is 0.313 e. The van der Waals surface area contributed by atoms with Gasteiger partial charge in [-0.25, -0.2) is 0 Å². The van der Waals surface area contributed by atoms with Crippen LogP contribution in [0.15, 0.2) is 60.7 Å². The molecule has 2 N–H and O–H groups in total. The molecule has 2 aliphatic rings. The highest BCUT2D eigenvalue weighted by atomic mass is 16.7. The summed E-state index contributed by atoms with van der Waals surface area (Å²) in [5.41, 5.74) is 2.07. The number of fused-ring (bicyclic) bond motifs is 2. The van der Waals surface area contributed by atoms with E-state index in [1.54, 1.807) is 31.4 Å². The van der Waals surface area contributed by atoms with Crippen molar-refractivity contribution in [3.63, 3.8) is 0 Å². The van der Waals surface area contributed by atoms with Crippen LogP contribution in [0, 0.1) is 0 Å². The van der Waals surface area contributed by atoms with Crippen LogP contribution in [0.1, 0.15) is 47.4 Å². The minimum absolute atomic E-state index is 0.0197. The summed E-state index contributed by atoms with van der Waals surface area (Å²) in [5, 5.41) is 20.5. The van der Waals surface area contributed by atoms with Crippen LogP contribution in [0.4, 0.5) is 0 Å². The summed E-state index contributed by atoms with van der Waals surface area (Å²) in [6.07, 6.45) is 1.19. The number of hydrogen-bond acceptors (Lipinski definition) is 7. The van der Waals surface area contributed by atoms with Crippen LogP contribution in [-0.2, 0) is 16.0 Å². The van der Waals surface area contributed by atoms with Gasteiger partial charge in [-0.2, -0.15) is 0 Å². The quantitative estimate of drug-likeness (QED) is 0.381. The van der Waals surface area contributed by atoms with Gasteiger partial charge in [0, 0.05) is 12.3 Å². The van der Waals surface area contributed by atoms with Crippen LogP contribution in [0.2, 0.25) is 0 Å². The van der Waals surface area contributed by atoms with E-state index in [-0.39, 0.29) is 20.0 Å². The molecule has 5 rings (SSSR count). The molecule has 0 bridgehead atoms. The predicted octanol–water partition coefficient (Wildman–Crippen LogP) is 4.52. The number of aliphatic hydroxyl groups excluding tert-OH is 1. The van der Waals surface area contributed by atoms with Gasteiger partial charge in [-0.05, 0) is 65.1 Å². The number of aliphatic hydroxyl groups is 1. The molecule has 3 atom stereocenters. The van der Waals surface area contributed by atoms with E-state index in [9.17, 15) is 15.0 Å². The van der Waals surface area contributed by atoms with Crippen molar-refractivity contribution in [2.75, 3.05) is 33.7 Å². The Morgan fingerprint density at radius 2 is 1.79 bits per heavy atom. The number of carbonyl (C=O) groups is 1. The second-order valence-electron chi connectivity index (χ2n) is 9.50. The Kier molecular flexibility index (Phi) is 7.44. The van der Waals surface area contributed by atoms with E-state index < -0.39 is 23.4 Å². The monoisotopic (exact) mass is 520 g/mol. The molecular formula is C30H32O8. The molecule has 0 aromatic heterocycles. The first-order chi connectivity index (χ1) is 18.5. The first kappa shape index (κ1) is 25.9. The number of benzene rings is 3. The summed E-state index contributed by atoms with van der Waals surface area (Å²) >= 11 is 0. The van der Waals surface area contributed by atoms with E-state index in [0.29, 0.717) is 35.8 Å². The molecule has 0 saturated carbocycles. The van der Waals surface area contributed by atoms with Gasteiger partial charge < -0.3 is 33.9 Å². The number of ether oxygens (including phenoxy) is 5. The van der Waals surface area contributed by atoms with E-state index in [2.05, 4.69) is 0 Å². The molecule has 3 unspecified atom stereocenters. The summed E-state index contributed by atoms with van der Waals surface area (Å²) in [4.78, 5) is 13.1. The van der Waals surface area contributed by atoms with Crippen molar-refractivity contribution < 1.29 is 38.7 Å². The lowest BCUT2D eigenvalue weighted by Crippen LogP contribution is -2.48. The predicted molar refractivity (Wildman–Crippen MR) is 139 cm³/mol. The second-order valence-corrected chi connectivity index (χ2v) is 9.50. The minimum atomic E-state index is -1.25. The number of carboxylic acids is 1. The number of methoxy groups -OCH3 is 1. The molecule has 1 heterocycles. The molecule has 0 saturated heterocycles. The molecule has 3 aromatic carbocycles. The molecule has 38 heavy (non-hydrogen) atoms. The van der Waals surface area contributed by atoms with E-state index in [4.69, 9.17) is 23.7 Å². The zero-order valence-corrected chi connectivity index (χ0v) is 21.5. The van der Waals surface area contributed by atoms with Gasteiger partial charge in [0.25, 0.3) is 0 Å². The Morgan fingerprint density at radius 1 is 1.03 bits per heavy atom. The highest BCUT2D eigenvalue weighted by molar-refractivity contribution is 5.79. The van der Waals surface area contributed by atoms with E-state index in [1.807, 2.05) is 43.3 Å². The van der Waals surface area contributed by atoms with Crippen molar-refractivity contribution in [1.82, 2.24) is 0 Å².